The second-order valence-corrected chi connectivity index (χ2v) is 3.15. The number of methoxy groups -OCH3 is 1. The van der Waals surface area contributed by atoms with E-state index in [0.717, 1.165) is 4.47 Å². The lowest BCUT2D eigenvalue weighted by molar-refractivity contribution is -0.103. The molecule has 1 aromatic carbocycles. The fraction of sp³-hybridized carbons (Fsp3) is 0.100. The number of benzene rings is 1. The lowest BCUT2D eigenvalue weighted by atomic mass is 10.2. The molecule has 0 aliphatic carbocycles. The molecule has 0 aromatic heterocycles. The van der Waals surface area contributed by atoms with Crippen LogP contribution in [-0.4, -0.2) is 13.4 Å². The molecule has 0 spiro atoms. The van der Waals surface area contributed by atoms with E-state index in [1.807, 2.05) is 6.07 Å². The van der Waals surface area contributed by atoms with Crippen molar-refractivity contribution in [3.05, 3.63) is 28.2 Å². The Labute approximate surface area is 85.0 Å². The Morgan fingerprint density at radius 2 is 2.31 bits per heavy atom. The second-order valence-electron chi connectivity index (χ2n) is 2.23. The molecule has 1 rings (SSSR count). The summed E-state index contributed by atoms with van der Waals surface area (Å²) >= 11 is 3.31. The van der Waals surface area contributed by atoms with Gasteiger partial charge in [-0.25, -0.2) is 0 Å². The van der Waals surface area contributed by atoms with Crippen molar-refractivity contribution in [3.8, 4) is 17.6 Å². The van der Waals surface area contributed by atoms with E-state index in [2.05, 4.69) is 27.8 Å². The smallest absolute Gasteiger partial charge is 0.193 e. The highest BCUT2D eigenvalue weighted by atomic mass is 79.9. The van der Waals surface area contributed by atoms with E-state index in [1.54, 1.807) is 19.2 Å². The molecule has 0 radical (unpaired) electrons. The highest BCUT2D eigenvalue weighted by Gasteiger charge is 1.99. The fourth-order valence-electron chi connectivity index (χ4n) is 0.876. The van der Waals surface area contributed by atoms with E-state index >= 15 is 0 Å². The Morgan fingerprint density at radius 1 is 1.54 bits per heavy atom. The number of carbonyl (C=O) groups is 1. The van der Waals surface area contributed by atoms with E-state index in [-0.39, 0.29) is 0 Å². The molecule has 0 bridgehead atoms. The van der Waals surface area contributed by atoms with Gasteiger partial charge in [-0.3, -0.25) is 4.79 Å². The fourth-order valence-corrected chi connectivity index (χ4v) is 1.22. The van der Waals surface area contributed by atoms with E-state index in [0.29, 0.717) is 17.6 Å². The minimum Gasteiger partial charge on any atom is -0.495 e. The Balaban J connectivity index is 3.13. The molecule has 0 amide bonds. The largest absolute Gasteiger partial charge is 0.495 e. The standard InChI is InChI=1S/C10H7BrO2/c1-13-10-7-9(11)5-4-8(10)3-2-6-12/h4-7H,1H3. The third-order valence-electron chi connectivity index (χ3n) is 1.43. The van der Waals surface area contributed by atoms with E-state index in [1.165, 1.54) is 0 Å². The first-order chi connectivity index (χ1) is 6.27. The maximum absolute atomic E-state index is 10.0. The van der Waals surface area contributed by atoms with Crippen LogP contribution in [0, 0.1) is 11.8 Å². The number of ether oxygens (including phenoxy) is 1. The molecule has 66 valence electrons. The molecule has 0 fully saturated rings. The van der Waals surface area contributed by atoms with Crippen molar-refractivity contribution < 1.29 is 9.53 Å². The topological polar surface area (TPSA) is 26.3 Å². The second kappa shape index (κ2) is 4.68. The highest BCUT2D eigenvalue weighted by Crippen LogP contribution is 2.22. The van der Waals surface area contributed by atoms with E-state index < -0.39 is 0 Å². The summed E-state index contributed by atoms with van der Waals surface area (Å²) in [6.07, 6.45) is 0.557. The van der Waals surface area contributed by atoms with Crippen LogP contribution in [0.3, 0.4) is 0 Å². The van der Waals surface area contributed by atoms with Gasteiger partial charge in [0.1, 0.15) is 5.75 Å². The predicted molar refractivity (Wildman–Crippen MR) is 53.6 cm³/mol. The van der Waals surface area contributed by atoms with Gasteiger partial charge in [0.25, 0.3) is 0 Å². The first kappa shape index (κ1) is 9.82. The monoisotopic (exact) mass is 238 g/mol. The normalized spacial score (nSPS) is 8.46. The minimum absolute atomic E-state index is 0.557. The Morgan fingerprint density at radius 3 is 2.92 bits per heavy atom. The summed E-state index contributed by atoms with van der Waals surface area (Å²) in [6.45, 7) is 0. The maximum atomic E-state index is 10.0. The third kappa shape index (κ3) is 2.60. The van der Waals surface area contributed by atoms with Gasteiger partial charge in [-0.15, -0.1) is 0 Å². The summed E-state index contributed by atoms with van der Waals surface area (Å²) in [5.41, 5.74) is 0.706. The Bertz CT molecular complexity index is 374. The molecule has 0 N–H and O–H groups in total. The SMILES string of the molecule is COc1cc(Br)ccc1C#CC=O. The van der Waals surface area contributed by atoms with Crippen molar-refractivity contribution in [1.82, 2.24) is 0 Å². The third-order valence-corrected chi connectivity index (χ3v) is 1.92. The zero-order valence-electron chi connectivity index (χ0n) is 7.00. The summed E-state index contributed by atoms with van der Waals surface area (Å²) in [5.74, 6) is 5.67. The summed E-state index contributed by atoms with van der Waals surface area (Å²) in [6, 6.07) is 5.44. The van der Waals surface area contributed by atoms with Gasteiger partial charge in [-0.05, 0) is 24.1 Å². The van der Waals surface area contributed by atoms with Crippen molar-refractivity contribution >= 4 is 22.2 Å². The molecule has 0 saturated carbocycles. The number of carbonyl (C=O) groups excluding carboxylic acids is 1. The van der Waals surface area contributed by atoms with Crippen LogP contribution in [-0.2, 0) is 4.79 Å². The van der Waals surface area contributed by atoms with Crippen LogP contribution < -0.4 is 4.74 Å². The molecule has 3 heteroatoms. The van der Waals surface area contributed by atoms with Crippen LogP contribution in [0.2, 0.25) is 0 Å². The van der Waals surface area contributed by atoms with Crippen LogP contribution in [0.4, 0.5) is 0 Å². The zero-order valence-corrected chi connectivity index (χ0v) is 8.59. The van der Waals surface area contributed by atoms with Crippen LogP contribution >= 0.6 is 15.9 Å². The van der Waals surface area contributed by atoms with Gasteiger partial charge in [-0.2, -0.15) is 0 Å². The van der Waals surface area contributed by atoms with Gasteiger partial charge in [0, 0.05) is 4.47 Å². The summed E-state index contributed by atoms with van der Waals surface area (Å²) in [4.78, 5) is 10.0. The number of aldehydes is 1. The van der Waals surface area contributed by atoms with E-state index in [9.17, 15) is 4.79 Å². The van der Waals surface area contributed by atoms with Gasteiger partial charge in [-0.1, -0.05) is 21.9 Å². The van der Waals surface area contributed by atoms with Crippen LogP contribution in [0.5, 0.6) is 5.75 Å². The summed E-state index contributed by atoms with van der Waals surface area (Å²) in [5, 5.41) is 0. The first-order valence-corrected chi connectivity index (χ1v) is 4.36. The van der Waals surface area contributed by atoms with Gasteiger partial charge >= 0.3 is 0 Å². The van der Waals surface area contributed by atoms with Gasteiger partial charge in [0.2, 0.25) is 0 Å². The Kier molecular flexibility index (Phi) is 3.53. The zero-order chi connectivity index (χ0) is 9.68. The molecule has 2 nitrogen and oxygen atoms in total. The molecule has 13 heavy (non-hydrogen) atoms. The number of rotatable bonds is 1. The van der Waals surface area contributed by atoms with Crippen LogP contribution in [0.25, 0.3) is 0 Å². The first-order valence-electron chi connectivity index (χ1n) is 3.56. The molecule has 0 aliphatic heterocycles. The molecule has 1 aromatic rings. The van der Waals surface area contributed by atoms with Gasteiger partial charge in [0.05, 0.1) is 12.7 Å². The van der Waals surface area contributed by atoms with Gasteiger partial charge in [0.15, 0.2) is 6.29 Å². The van der Waals surface area contributed by atoms with Crippen LogP contribution in [0.1, 0.15) is 5.56 Å². The lowest BCUT2D eigenvalue weighted by Gasteiger charge is -2.02. The van der Waals surface area contributed by atoms with Crippen molar-refractivity contribution in [3.63, 3.8) is 0 Å². The molecule has 0 unspecified atom stereocenters. The van der Waals surface area contributed by atoms with Crippen molar-refractivity contribution in [1.29, 1.82) is 0 Å². The summed E-state index contributed by atoms with van der Waals surface area (Å²) in [7, 11) is 1.56. The number of halogens is 1. The molecular weight excluding hydrogens is 232 g/mol. The van der Waals surface area contributed by atoms with Crippen molar-refractivity contribution in [2.24, 2.45) is 0 Å². The molecule has 0 saturated heterocycles. The Hall–Kier alpha value is -1.27. The van der Waals surface area contributed by atoms with E-state index in [4.69, 9.17) is 4.74 Å². The van der Waals surface area contributed by atoms with Gasteiger partial charge < -0.3 is 4.74 Å². The molecule has 0 aliphatic rings. The lowest BCUT2D eigenvalue weighted by Crippen LogP contribution is -1.87. The summed E-state index contributed by atoms with van der Waals surface area (Å²) < 4.78 is 5.99. The number of hydrogen-bond acceptors (Lipinski definition) is 2. The highest BCUT2D eigenvalue weighted by molar-refractivity contribution is 9.10. The maximum Gasteiger partial charge on any atom is 0.193 e. The minimum atomic E-state index is 0.557. The quantitative estimate of drug-likeness (QED) is 0.553. The molecular formula is C10H7BrO2. The van der Waals surface area contributed by atoms with Crippen molar-refractivity contribution in [2.75, 3.05) is 7.11 Å². The average molecular weight is 239 g/mol. The predicted octanol–water partition coefficient (Wildman–Crippen LogP) is 2.01. The van der Waals surface area contributed by atoms with Crippen molar-refractivity contribution in [2.45, 2.75) is 0 Å². The van der Waals surface area contributed by atoms with Crippen LogP contribution in [0.15, 0.2) is 22.7 Å². The molecule has 0 heterocycles. The molecule has 0 atom stereocenters. The number of hydrogen-bond donors (Lipinski definition) is 0. The average Bonchev–Trinajstić information content (AvgIpc) is 2.16.